The Morgan fingerprint density at radius 2 is 2.20 bits per heavy atom. The largest absolute Gasteiger partial charge is 0.305 e. The molecule has 0 fully saturated rings. The molecule has 0 saturated carbocycles. The van der Waals surface area contributed by atoms with Crippen LogP contribution in [0.15, 0.2) is 29.5 Å². The number of aromatic nitrogens is 2. The summed E-state index contributed by atoms with van der Waals surface area (Å²) in [6, 6.07) is 3.58. The van der Waals surface area contributed by atoms with Gasteiger partial charge < -0.3 is 4.40 Å². The highest BCUT2D eigenvalue weighted by atomic mass is 16.1. The van der Waals surface area contributed by atoms with Crippen molar-refractivity contribution in [3.63, 3.8) is 0 Å². The van der Waals surface area contributed by atoms with Gasteiger partial charge in [-0.05, 0) is 18.1 Å². The minimum Gasteiger partial charge on any atom is -0.305 e. The summed E-state index contributed by atoms with van der Waals surface area (Å²) in [5, 5.41) is 0. The lowest BCUT2D eigenvalue weighted by Gasteiger charge is -1.94. The second-order valence-corrected chi connectivity index (χ2v) is 3.68. The van der Waals surface area contributed by atoms with E-state index in [-0.39, 0.29) is 0 Å². The van der Waals surface area contributed by atoms with Gasteiger partial charge in [0.15, 0.2) is 0 Å². The number of hydrogen-bond acceptors (Lipinski definition) is 3. The number of nitrogens with zero attached hydrogens (tertiary/aromatic N) is 3. The Kier molecular flexibility index (Phi) is 2.35. The summed E-state index contributed by atoms with van der Waals surface area (Å²) in [6.07, 6.45) is 5.23. The van der Waals surface area contributed by atoms with Crippen LogP contribution in [0.5, 0.6) is 0 Å². The predicted octanol–water partition coefficient (Wildman–Crippen LogP) is 2.43. The summed E-state index contributed by atoms with van der Waals surface area (Å²) in [5.41, 5.74) is 2.48. The number of isocyanates is 1. The van der Waals surface area contributed by atoms with E-state index in [9.17, 15) is 4.79 Å². The Balaban J connectivity index is 2.56. The normalized spacial score (nSPS) is 10.6. The molecule has 0 bridgehead atoms. The lowest BCUT2D eigenvalue weighted by atomic mass is 10.2. The second-order valence-electron chi connectivity index (χ2n) is 3.68. The van der Waals surface area contributed by atoms with Crippen LogP contribution in [-0.2, 0) is 4.79 Å². The van der Waals surface area contributed by atoms with E-state index >= 15 is 0 Å². The van der Waals surface area contributed by atoms with Gasteiger partial charge in [-0.15, -0.1) is 0 Å². The van der Waals surface area contributed by atoms with E-state index in [2.05, 4.69) is 23.8 Å². The maximum Gasteiger partial charge on any atom is 0.240 e. The zero-order valence-electron chi connectivity index (χ0n) is 8.64. The Labute approximate surface area is 87.3 Å². The van der Waals surface area contributed by atoms with E-state index in [1.807, 2.05) is 16.7 Å². The molecule has 0 aliphatic heterocycles. The van der Waals surface area contributed by atoms with Gasteiger partial charge in [0.1, 0.15) is 5.65 Å². The molecule has 4 heteroatoms. The van der Waals surface area contributed by atoms with E-state index in [1.165, 1.54) is 6.08 Å². The van der Waals surface area contributed by atoms with Gasteiger partial charge in [-0.1, -0.05) is 13.8 Å². The Morgan fingerprint density at radius 3 is 2.87 bits per heavy atom. The molecule has 0 aliphatic carbocycles. The van der Waals surface area contributed by atoms with Gasteiger partial charge in [-0.2, -0.15) is 4.99 Å². The van der Waals surface area contributed by atoms with Crippen molar-refractivity contribution < 1.29 is 4.79 Å². The molecule has 0 amide bonds. The van der Waals surface area contributed by atoms with Crippen LogP contribution in [0.4, 0.5) is 5.69 Å². The second kappa shape index (κ2) is 3.67. The highest BCUT2D eigenvalue weighted by Gasteiger charge is 2.05. The highest BCUT2D eigenvalue weighted by Crippen LogP contribution is 2.17. The molecular weight excluding hydrogens is 190 g/mol. The summed E-state index contributed by atoms with van der Waals surface area (Å²) in [5.74, 6) is 0.392. The summed E-state index contributed by atoms with van der Waals surface area (Å²) < 4.78 is 1.87. The van der Waals surface area contributed by atoms with Crippen LogP contribution in [0, 0.1) is 0 Å². The van der Waals surface area contributed by atoms with Crippen molar-refractivity contribution >= 4 is 17.4 Å². The van der Waals surface area contributed by atoms with E-state index in [4.69, 9.17) is 0 Å². The number of aliphatic imine (C=N–C) groups is 1. The molecule has 0 atom stereocenters. The van der Waals surface area contributed by atoms with Crippen LogP contribution in [0.25, 0.3) is 5.65 Å². The molecule has 76 valence electrons. The zero-order valence-corrected chi connectivity index (χ0v) is 8.64. The van der Waals surface area contributed by atoms with Crippen molar-refractivity contribution in [3.05, 3.63) is 30.2 Å². The quantitative estimate of drug-likeness (QED) is 0.553. The molecule has 0 aliphatic rings. The standard InChI is InChI=1S/C11H11N3O/c1-8(2)10-6-14-5-9(12-7-15)3-4-11(14)13-10/h3-6,8H,1-2H3. The Hall–Kier alpha value is -1.93. The maximum absolute atomic E-state index is 10.1. The smallest absolute Gasteiger partial charge is 0.240 e. The lowest BCUT2D eigenvalue weighted by molar-refractivity contribution is 0.565. The minimum absolute atomic E-state index is 0.392. The SMILES string of the molecule is CC(C)c1cn2cc(N=C=O)ccc2n1. The lowest BCUT2D eigenvalue weighted by Crippen LogP contribution is -1.84. The number of fused-ring (bicyclic) bond motifs is 1. The molecule has 0 N–H and O–H groups in total. The summed E-state index contributed by atoms with van der Waals surface area (Å²) in [7, 11) is 0. The van der Waals surface area contributed by atoms with Crippen molar-refractivity contribution in [2.45, 2.75) is 19.8 Å². The third-order valence-electron chi connectivity index (χ3n) is 2.22. The Bertz CT molecular complexity index is 536. The highest BCUT2D eigenvalue weighted by molar-refractivity contribution is 5.52. The molecule has 0 radical (unpaired) electrons. The molecule has 2 aromatic heterocycles. The van der Waals surface area contributed by atoms with E-state index in [0.29, 0.717) is 11.6 Å². The topological polar surface area (TPSA) is 46.7 Å². The number of carbonyl (C=O) groups excluding carboxylic acids is 1. The monoisotopic (exact) mass is 201 g/mol. The third-order valence-corrected chi connectivity index (χ3v) is 2.22. The van der Waals surface area contributed by atoms with Crippen LogP contribution >= 0.6 is 0 Å². The molecule has 4 nitrogen and oxygen atoms in total. The van der Waals surface area contributed by atoms with Gasteiger partial charge in [0.2, 0.25) is 6.08 Å². The number of pyridine rings is 1. The fourth-order valence-corrected chi connectivity index (χ4v) is 1.40. The van der Waals surface area contributed by atoms with E-state index in [1.54, 1.807) is 12.3 Å². The van der Waals surface area contributed by atoms with Crippen molar-refractivity contribution in [1.29, 1.82) is 0 Å². The van der Waals surface area contributed by atoms with Crippen molar-refractivity contribution in [1.82, 2.24) is 9.38 Å². The fraction of sp³-hybridized carbons (Fsp3) is 0.273. The number of rotatable bonds is 2. The fourth-order valence-electron chi connectivity index (χ4n) is 1.40. The first-order chi connectivity index (χ1) is 7.20. The summed E-state index contributed by atoms with van der Waals surface area (Å²) >= 11 is 0. The van der Waals surface area contributed by atoms with Gasteiger partial charge in [-0.25, -0.2) is 9.78 Å². The average molecular weight is 201 g/mol. The first-order valence-corrected chi connectivity index (χ1v) is 4.77. The van der Waals surface area contributed by atoms with E-state index < -0.39 is 0 Å². The Morgan fingerprint density at radius 1 is 1.40 bits per heavy atom. The molecule has 2 rings (SSSR count). The van der Waals surface area contributed by atoms with Crippen molar-refractivity contribution in [2.75, 3.05) is 0 Å². The van der Waals surface area contributed by atoms with Crippen molar-refractivity contribution in [3.8, 4) is 0 Å². The van der Waals surface area contributed by atoms with Gasteiger partial charge in [0.25, 0.3) is 0 Å². The van der Waals surface area contributed by atoms with Crippen LogP contribution in [0.1, 0.15) is 25.5 Å². The number of imidazole rings is 1. The molecule has 2 heterocycles. The average Bonchev–Trinajstić information content (AvgIpc) is 2.61. The van der Waals surface area contributed by atoms with E-state index in [0.717, 1.165) is 11.3 Å². The molecule has 0 unspecified atom stereocenters. The van der Waals surface area contributed by atoms with Crippen molar-refractivity contribution in [2.24, 2.45) is 4.99 Å². The van der Waals surface area contributed by atoms with Crippen LogP contribution in [0.3, 0.4) is 0 Å². The minimum atomic E-state index is 0.392. The third kappa shape index (κ3) is 1.80. The van der Waals surface area contributed by atoms with Crippen LogP contribution < -0.4 is 0 Å². The van der Waals surface area contributed by atoms with Crippen LogP contribution in [-0.4, -0.2) is 15.5 Å². The maximum atomic E-state index is 10.1. The zero-order chi connectivity index (χ0) is 10.8. The first-order valence-electron chi connectivity index (χ1n) is 4.77. The summed E-state index contributed by atoms with van der Waals surface area (Å²) in [6.45, 7) is 4.18. The molecular formula is C11H11N3O. The van der Waals surface area contributed by atoms with Gasteiger partial charge >= 0.3 is 0 Å². The molecule has 0 aromatic carbocycles. The van der Waals surface area contributed by atoms with Crippen LogP contribution in [0.2, 0.25) is 0 Å². The predicted molar refractivity (Wildman–Crippen MR) is 57.1 cm³/mol. The number of hydrogen-bond donors (Lipinski definition) is 0. The van der Waals surface area contributed by atoms with Gasteiger partial charge in [0, 0.05) is 12.4 Å². The summed E-state index contributed by atoms with van der Waals surface area (Å²) in [4.78, 5) is 18.1. The molecule has 0 spiro atoms. The molecule has 0 saturated heterocycles. The molecule has 2 aromatic rings. The first kappa shape index (κ1) is 9.62. The van der Waals surface area contributed by atoms with Gasteiger partial charge in [0.05, 0.1) is 11.4 Å². The van der Waals surface area contributed by atoms with Gasteiger partial charge in [-0.3, -0.25) is 0 Å². The molecule has 15 heavy (non-hydrogen) atoms.